The fourth-order valence-corrected chi connectivity index (χ4v) is 22.1. The number of nitrogens with one attached hydrogen (secondary N) is 3. The molecule has 4 aromatic rings. The van der Waals surface area contributed by atoms with Crippen LogP contribution in [0.25, 0.3) is 0 Å². The number of aliphatic hydroxyl groups is 1. The molecule has 1 spiro atoms. The number of carboxylic acids is 1. The molecule has 3 amide bonds. The van der Waals surface area contributed by atoms with Gasteiger partial charge in [-0.05, 0) is 244 Å². The number of hydrogen-bond acceptors (Lipinski definition) is 21. The Balaban J connectivity index is 0.000000195. The molecule has 13 atom stereocenters. The van der Waals surface area contributed by atoms with Gasteiger partial charge in [-0.2, -0.15) is 4.99 Å². The number of ketones is 2. The zero-order chi connectivity index (χ0) is 79.6. The Bertz CT molecular complexity index is 4430. The third-order valence-corrected chi connectivity index (χ3v) is 28.3. The molecule has 1 saturated heterocycles. The fraction of sp³-hybridized carbons (Fsp3) is 0.557. The van der Waals surface area contributed by atoms with Gasteiger partial charge in [-0.3, -0.25) is 29.0 Å². The number of phenolic OH excluding ortho intramolecular Hbond substituents is 1. The van der Waals surface area contributed by atoms with Crippen LogP contribution in [0.4, 0.5) is 27.8 Å². The number of aromatic nitrogens is 3. The second-order valence-corrected chi connectivity index (χ2v) is 37.3. The third-order valence-electron chi connectivity index (χ3n) is 24.8. The summed E-state index contributed by atoms with van der Waals surface area (Å²) in [6.07, 6.45) is 24.3. The van der Waals surface area contributed by atoms with Crippen LogP contribution in [0.1, 0.15) is 206 Å². The van der Waals surface area contributed by atoms with Crippen LogP contribution >= 0.6 is 58.4 Å². The molecule has 1 aliphatic heterocycles. The molecule has 13 rings (SSSR count). The summed E-state index contributed by atoms with van der Waals surface area (Å²) in [6, 6.07) is 12.1. The van der Waals surface area contributed by atoms with Crippen LogP contribution in [0.5, 0.6) is 5.75 Å². The topological polar surface area (TPSA) is 444 Å². The third kappa shape index (κ3) is 19.8. The predicted molar refractivity (Wildman–Crippen MR) is 431 cm³/mol. The minimum atomic E-state index is -4.05. The number of nitrogen functional groups attached to an aromatic ring is 2. The van der Waals surface area contributed by atoms with Crippen molar-refractivity contribution in [2.75, 3.05) is 16.8 Å². The van der Waals surface area contributed by atoms with E-state index in [1.54, 1.807) is 20.8 Å². The number of ether oxygens (including phenoxy) is 1. The van der Waals surface area contributed by atoms with Crippen molar-refractivity contribution in [3.05, 3.63) is 121 Å². The molecule has 25 nitrogen and oxygen atoms in total. The summed E-state index contributed by atoms with van der Waals surface area (Å²) >= 11 is 9.18. The van der Waals surface area contributed by atoms with E-state index in [2.05, 4.69) is 114 Å². The molecule has 0 radical (unpaired) electrons. The largest absolute Gasteiger partial charge is 1.00 e. The van der Waals surface area contributed by atoms with E-state index >= 15 is 0 Å². The van der Waals surface area contributed by atoms with Gasteiger partial charge in [-0.1, -0.05) is 108 Å². The van der Waals surface area contributed by atoms with Crippen molar-refractivity contribution >= 4 is 138 Å². The summed E-state index contributed by atoms with van der Waals surface area (Å²) in [6.45, 7) is 23.1. The molecule has 9 aliphatic rings. The number of anilines is 4. The number of rotatable bonds is 11. The minimum Gasteiger partial charge on any atom is -0.550 e. The number of aliphatic imine (C=N–C) groups is 1. The number of urea groups is 1. The van der Waals surface area contributed by atoms with Crippen LogP contribution in [0, 0.1) is 67.7 Å². The number of phenols is 1. The van der Waals surface area contributed by atoms with Crippen molar-refractivity contribution in [1.29, 1.82) is 0 Å². The monoisotopic (exact) mass is 1730 g/mol. The number of aryl methyl sites for hydroxylation is 1. The molecule has 8 aliphatic carbocycles. The Labute approximate surface area is 717 Å². The van der Waals surface area contributed by atoms with Crippen molar-refractivity contribution in [1.82, 2.24) is 25.0 Å². The number of aromatic hydroxyl groups is 1. The predicted octanol–water partition coefficient (Wildman–Crippen LogP) is 8.82. The van der Waals surface area contributed by atoms with Crippen LogP contribution in [0.15, 0.2) is 100 Å². The summed E-state index contributed by atoms with van der Waals surface area (Å²) in [4.78, 5) is 96.4. The van der Waals surface area contributed by atoms with Gasteiger partial charge >= 0.3 is 69.3 Å². The number of carbonyl (C=O) groups is 7. The maximum absolute atomic E-state index is 12.5. The molecule has 13 unspecified atom stereocenters. The molecule has 3 heterocycles. The van der Waals surface area contributed by atoms with Crippen molar-refractivity contribution in [2.45, 2.75) is 225 Å². The average Bonchev–Trinajstić information content (AvgIpc) is 1.51. The van der Waals surface area contributed by atoms with Gasteiger partial charge in [-0.15, -0.1) is 12.4 Å². The van der Waals surface area contributed by atoms with Gasteiger partial charge in [0.15, 0.2) is 45.1 Å². The standard InChI is InChI=1S/C24H32O4S.C22H30O4.C16H20N4O3S.C11H16INO.C6H8ClN7O.ClH.K/c1-14(25)29-19-13-15-12-16(26)4-8-22(15,2)17-5-9-23(3)18(21(17)19)6-10-24(23)11-7-20(27)28-24;1-20-9-5-15(23)13-14(20)3-4-16-17(20)6-10-21(2)18(16)7-11-22(21,26)12-8-19(24)25;1-11(2)18-16(21)20-24(22,23)15-10-17-8-7-14(15)19-13-6-4-5-12(3)9-13;1-11(2,3)8-4-7(6-13)10(14)9(12)5-8;7-2-4(9)13-3(8)1(12-2)5(15)14-6(10)11;;/h12,17-19,21H,4-11,13H2,1-3H3;3-4,13,16-18,26H,5-12H2,1-2H3,(H,24,25);4-11H,1-3H3,(H,17,19)(H2,18,20,21);4-5,14H,6,13H2,1-3H3;(H4,8,9,13)(H4,10,11,14,15);1H;/q;;;;;;+1/p-1. The molecule has 15 N–H and O–H groups in total. The number of carbonyl (C=O) groups excluding carboxylic acids is 7. The minimum absolute atomic E-state index is 0. The number of nitrogens with two attached hydrogens (primary N) is 5. The number of amides is 3. The first-order valence-electron chi connectivity index (χ1n) is 37.0. The Morgan fingerprint density at radius 3 is 2.12 bits per heavy atom. The number of fused-ring (bicyclic) bond motifs is 11. The number of esters is 1. The van der Waals surface area contributed by atoms with E-state index in [0.717, 1.165) is 91.0 Å². The van der Waals surface area contributed by atoms with Gasteiger partial charge in [-0.25, -0.2) is 27.9 Å². The fourth-order valence-electron chi connectivity index (χ4n) is 19.0. The van der Waals surface area contributed by atoms with Crippen LogP contribution in [-0.4, -0.2) is 103 Å². The Hall–Kier alpha value is -5.58. The maximum Gasteiger partial charge on any atom is 1.00 e. The molecule has 2 aromatic heterocycles. The quantitative estimate of drug-likeness (QED) is 0.0220. The van der Waals surface area contributed by atoms with E-state index in [1.807, 2.05) is 60.2 Å². The van der Waals surface area contributed by atoms with E-state index in [0.29, 0.717) is 85.6 Å². The first-order chi connectivity index (χ1) is 50.4. The molecule has 31 heteroatoms. The van der Waals surface area contributed by atoms with Gasteiger partial charge in [0.2, 0.25) is 0 Å². The summed E-state index contributed by atoms with van der Waals surface area (Å²) in [7, 11) is -4.05. The van der Waals surface area contributed by atoms with E-state index in [4.69, 9.17) is 45.0 Å². The molecule has 0 bridgehead atoms. The van der Waals surface area contributed by atoms with Gasteiger partial charge in [0.25, 0.3) is 10.0 Å². The van der Waals surface area contributed by atoms with Crippen LogP contribution in [-0.2, 0) is 50.7 Å². The van der Waals surface area contributed by atoms with Crippen molar-refractivity contribution in [2.24, 2.45) is 79.4 Å². The van der Waals surface area contributed by atoms with Gasteiger partial charge < -0.3 is 64.2 Å². The summed E-state index contributed by atoms with van der Waals surface area (Å²) < 4.78 is 33.8. The smallest absolute Gasteiger partial charge is 0.550 e. The number of pyridine rings is 1. The first-order valence-corrected chi connectivity index (χ1v) is 40.8. The summed E-state index contributed by atoms with van der Waals surface area (Å²) in [5.74, 6) is 0.935. The zero-order valence-electron chi connectivity index (χ0n) is 64.9. The summed E-state index contributed by atoms with van der Waals surface area (Å²) in [5.41, 5.74) is 31.5. The number of allylic oxidation sites excluding steroid dienone is 5. The number of halogens is 3. The maximum atomic E-state index is 12.5. The number of carboxylic acid groups (broad SMARTS) is 1. The number of nitrogens with zero attached hydrogens (tertiary/aromatic N) is 4. The second-order valence-electron chi connectivity index (χ2n) is 32.7. The molecule has 110 heavy (non-hydrogen) atoms. The zero-order valence-corrected chi connectivity index (χ0v) is 73.4. The van der Waals surface area contributed by atoms with Crippen molar-refractivity contribution in [3.8, 4) is 5.75 Å². The van der Waals surface area contributed by atoms with Crippen LogP contribution < -0.4 is 101 Å². The second kappa shape index (κ2) is 36.5. The molecule has 2 aromatic carbocycles. The molecule has 594 valence electrons. The number of aliphatic carboxylic acids is 1. The van der Waals surface area contributed by atoms with E-state index in [1.165, 1.54) is 46.9 Å². The molecule has 6 fully saturated rings. The van der Waals surface area contributed by atoms with Gasteiger partial charge in [0.1, 0.15) is 16.2 Å². The van der Waals surface area contributed by atoms with Crippen molar-refractivity contribution in [3.63, 3.8) is 0 Å². The first kappa shape index (κ1) is 91.6. The number of benzene rings is 2. The molecular formula is C79H106Cl2IKN12O13S2. The Morgan fingerprint density at radius 1 is 0.855 bits per heavy atom. The molecule has 5 saturated carbocycles. The normalized spacial score (nSPS) is 29.2. The number of guanidine groups is 1. The van der Waals surface area contributed by atoms with Gasteiger partial charge in [0, 0.05) is 79.1 Å². The van der Waals surface area contributed by atoms with E-state index in [9.17, 15) is 57.3 Å². The van der Waals surface area contributed by atoms with E-state index in [-0.39, 0.29) is 164 Å². The number of sulfonamides is 1. The Kier molecular flexibility index (Phi) is 30.4. The number of thioether (sulfide) groups is 1. The van der Waals surface area contributed by atoms with Crippen LogP contribution in [0.2, 0.25) is 5.15 Å². The average molecular weight is 1730 g/mol. The molecular weight excluding hydrogens is 1630 g/mol. The SMILES string of the molecule is CC(=O)SC1CC2=CC(=O)CCC2(C)C2CCC3(C)C(CCC34CCC(=O)O4)C12.CC(C)(C)c1cc(I)c(O)c(CN)c1.CC12CCC(=O)C=C1C=CC1C2CCC2(C)C1CCC2(O)CCC(=O)[O-].Cc1cccc(Nc2ccncc2S(=O)(=O)NC(=O)NC(C)C)c1.Cl.NC(N)=NC(=O)c1nc(Cl)c(N)nc1N.[K+]. The van der Waals surface area contributed by atoms with Crippen LogP contribution in [0.3, 0.4) is 0 Å². The van der Waals surface area contributed by atoms with Crippen molar-refractivity contribution < 1.29 is 113 Å². The van der Waals surface area contributed by atoms with Gasteiger partial charge in [0.05, 0.1) is 14.9 Å². The van der Waals surface area contributed by atoms with E-state index < -0.39 is 39.5 Å². The Morgan fingerprint density at radius 2 is 1.50 bits per heavy atom. The number of hydrogen-bond donors (Lipinski definition) is 10. The summed E-state index contributed by atoms with van der Waals surface area (Å²) in [5, 5.41) is 37.8.